The Hall–Kier alpha value is -1.59. The third-order valence-corrected chi connectivity index (χ3v) is 5.20. The number of aryl methyl sites for hydroxylation is 1. The van der Waals surface area contributed by atoms with Gasteiger partial charge in [-0.3, -0.25) is 9.69 Å². The summed E-state index contributed by atoms with van der Waals surface area (Å²) in [6.45, 7) is 2.07. The Balaban J connectivity index is 2.19. The Morgan fingerprint density at radius 3 is 2.60 bits per heavy atom. The van der Waals surface area contributed by atoms with Gasteiger partial charge < -0.3 is 4.57 Å². The Morgan fingerprint density at radius 1 is 1.25 bits per heavy atom. The second kappa shape index (κ2) is 4.75. The van der Waals surface area contributed by atoms with Gasteiger partial charge in [0.25, 0.3) is 5.91 Å². The molecule has 1 aliphatic heterocycles. The fraction of sp³-hybridized carbons (Fsp3) is 0.200. The molecule has 1 fully saturated rings. The molecule has 0 spiro atoms. The first-order valence-corrected chi connectivity index (χ1v) is 7.48. The van der Waals surface area contributed by atoms with Crippen LogP contribution in [0.3, 0.4) is 0 Å². The number of likely N-dealkylation sites (N-methyl/N-ethyl adjacent to an activating group) is 1. The van der Waals surface area contributed by atoms with Gasteiger partial charge in [-0.25, -0.2) is 0 Å². The van der Waals surface area contributed by atoms with Crippen molar-refractivity contribution in [1.82, 2.24) is 9.47 Å². The predicted molar refractivity (Wildman–Crippen MR) is 88.6 cm³/mol. The van der Waals surface area contributed by atoms with E-state index in [1.54, 1.807) is 7.05 Å². The fourth-order valence-corrected chi connectivity index (χ4v) is 3.57. The number of amides is 1. The number of carbonyl (C=O) groups is 1. The molecule has 1 aromatic heterocycles. The lowest BCUT2D eigenvalue weighted by molar-refractivity contribution is -0.121. The normalized spacial score (nSPS) is 17.8. The summed E-state index contributed by atoms with van der Waals surface area (Å²) in [7, 11) is 3.76. The zero-order valence-corrected chi connectivity index (χ0v) is 13.1. The minimum atomic E-state index is -0.0210. The molecule has 102 valence electrons. The van der Waals surface area contributed by atoms with Crippen molar-refractivity contribution in [2.75, 3.05) is 7.05 Å². The SMILES string of the molecule is Cc1c(/C=C2/SC(=S)N(C)C2=O)c2ccccc2n1C. The summed E-state index contributed by atoms with van der Waals surface area (Å²) in [5, 5.41) is 1.16. The lowest BCUT2D eigenvalue weighted by Gasteiger charge is -2.03. The van der Waals surface area contributed by atoms with E-state index in [1.165, 1.54) is 22.2 Å². The zero-order valence-electron chi connectivity index (χ0n) is 11.5. The Bertz CT molecular complexity index is 774. The van der Waals surface area contributed by atoms with Crippen LogP contribution >= 0.6 is 24.0 Å². The van der Waals surface area contributed by atoms with E-state index in [0.717, 1.165) is 16.6 Å². The molecular formula is C15H14N2OS2. The molecule has 20 heavy (non-hydrogen) atoms. The number of aromatic nitrogens is 1. The number of hydrogen-bond donors (Lipinski definition) is 0. The van der Waals surface area contributed by atoms with Gasteiger partial charge in [-0.1, -0.05) is 42.2 Å². The maximum Gasteiger partial charge on any atom is 0.265 e. The van der Waals surface area contributed by atoms with E-state index in [9.17, 15) is 4.79 Å². The highest BCUT2D eigenvalue weighted by Gasteiger charge is 2.29. The number of hydrogen-bond acceptors (Lipinski definition) is 3. The van der Waals surface area contributed by atoms with Gasteiger partial charge in [0.05, 0.1) is 4.91 Å². The summed E-state index contributed by atoms with van der Waals surface area (Å²) in [6.07, 6.45) is 1.96. The predicted octanol–water partition coefficient (Wildman–Crippen LogP) is 3.32. The second-order valence-electron chi connectivity index (χ2n) is 4.82. The minimum Gasteiger partial charge on any atom is -0.347 e. The molecule has 5 heteroatoms. The molecule has 3 rings (SSSR count). The molecule has 1 aromatic carbocycles. The molecule has 2 aromatic rings. The molecule has 0 saturated carbocycles. The quantitative estimate of drug-likeness (QED) is 0.597. The molecule has 0 radical (unpaired) electrons. The monoisotopic (exact) mass is 302 g/mol. The van der Waals surface area contributed by atoms with Gasteiger partial charge in [0.15, 0.2) is 0 Å². The van der Waals surface area contributed by atoms with Crippen LogP contribution in [-0.2, 0) is 11.8 Å². The third-order valence-electron chi connectivity index (χ3n) is 3.71. The Kier molecular flexibility index (Phi) is 3.18. The summed E-state index contributed by atoms with van der Waals surface area (Å²) in [6, 6.07) is 8.22. The molecule has 3 nitrogen and oxygen atoms in total. The molecule has 0 atom stereocenters. The van der Waals surface area contributed by atoms with Gasteiger partial charge >= 0.3 is 0 Å². The highest BCUT2D eigenvalue weighted by atomic mass is 32.2. The van der Waals surface area contributed by atoms with Crippen molar-refractivity contribution in [2.45, 2.75) is 6.92 Å². The third kappa shape index (κ3) is 1.89. The molecule has 0 bridgehead atoms. The summed E-state index contributed by atoms with van der Waals surface area (Å²) >= 11 is 6.53. The van der Waals surface area contributed by atoms with Gasteiger partial charge in [0.2, 0.25) is 0 Å². The summed E-state index contributed by atoms with van der Waals surface area (Å²) in [4.78, 5) is 14.3. The van der Waals surface area contributed by atoms with Crippen molar-refractivity contribution in [3.05, 3.63) is 40.4 Å². The first kappa shape index (κ1) is 13.4. The highest BCUT2D eigenvalue weighted by Crippen LogP contribution is 2.34. The largest absolute Gasteiger partial charge is 0.347 e. The number of para-hydroxylation sites is 1. The number of thiocarbonyl (C=S) groups is 1. The van der Waals surface area contributed by atoms with E-state index >= 15 is 0 Å². The van der Waals surface area contributed by atoms with E-state index in [4.69, 9.17) is 12.2 Å². The maximum atomic E-state index is 12.1. The van der Waals surface area contributed by atoms with Crippen molar-refractivity contribution in [3.8, 4) is 0 Å². The summed E-state index contributed by atoms with van der Waals surface area (Å²) < 4.78 is 2.76. The molecule has 0 aliphatic carbocycles. The minimum absolute atomic E-state index is 0.0210. The van der Waals surface area contributed by atoms with Crippen LogP contribution in [0.5, 0.6) is 0 Å². The lowest BCUT2D eigenvalue weighted by Crippen LogP contribution is -2.22. The molecule has 1 amide bonds. The lowest BCUT2D eigenvalue weighted by atomic mass is 10.1. The molecule has 0 N–H and O–H groups in total. The van der Waals surface area contributed by atoms with Crippen LogP contribution in [0.1, 0.15) is 11.3 Å². The average molecular weight is 302 g/mol. The molecule has 2 heterocycles. The number of benzene rings is 1. The van der Waals surface area contributed by atoms with Crippen molar-refractivity contribution in [3.63, 3.8) is 0 Å². The zero-order chi connectivity index (χ0) is 14.4. The van der Waals surface area contributed by atoms with E-state index in [2.05, 4.69) is 23.6 Å². The fourth-order valence-electron chi connectivity index (χ4n) is 2.41. The Labute approximate surface area is 127 Å². The highest BCUT2D eigenvalue weighted by molar-refractivity contribution is 8.26. The van der Waals surface area contributed by atoms with Crippen LogP contribution in [0.15, 0.2) is 29.2 Å². The number of thioether (sulfide) groups is 1. The molecule has 1 aliphatic rings. The number of nitrogens with zero attached hydrogens (tertiary/aromatic N) is 2. The van der Waals surface area contributed by atoms with Crippen molar-refractivity contribution in [1.29, 1.82) is 0 Å². The van der Waals surface area contributed by atoms with E-state index in [0.29, 0.717) is 9.23 Å². The second-order valence-corrected chi connectivity index (χ2v) is 6.49. The average Bonchev–Trinajstić information content (AvgIpc) is 2.83. The standard InChI is InChI=1S/C15H14N2OS2/c1-9-11(8-13-14(18)17(3)15(19)20-13)10-6-4-5-7-12(10)16(9)2/h4-8H,1-3H3/b13-8+. The van der Waals surface area contributed by atoms with Crippen LogP contribution < -0.4 is 0 Å². The van der Waals surface area contributed by atoms with E-state index in [1.807, 2.05) is 25.3 Å². The van der Waals surface area contributed by atoms with Crippen molar-refractivity contribution >= 4 is 51.2 Å². The summed E-state index contributed by atoms with van der Waals surface area (Å²) in [5.41, 5.74) is 3.41. The Morgan fingerprint density at radius 2 is 1.95 bits per heavy atom. The number of fused-ring (bicyclic) bond motifs is 1. The number of carbonyl (C=O) groups excluding carboxylic acids is 1. The molecular weight excluding hydrogens is 288 g/mol. The molecule has 1 saturated heterocycles. The van der Waals surface area contributed by atoms with Gasteiger partial charge in [-0.05, 0) is 19.1 Å². The van der Waals surface area contributed by atoms with Gasteiger partial charge in [0.1, 0.15) is 4.32 Å². The first-order valence-electron chi connectivity index (χ1n) is 6.26. The van der Waals surface area contributed by atoms with Crippen LogP contribution in [0, 0.1) is 6.92 Å². The van der Waals surface area contributed by atoms with E-state index < -0.39 is 0 Å². The summed E-state index contributed by atoms with van der Waals surface area (Å²) in [5.74, 6) is -0.0210. The maximum absolute atomic E-state index is 12.1. The van der Waals surface area contributed by atoms with Crippen LogP contribution in [0.4, 0.5) is 0 Å². The van der Waals surface area contributed by atoms with Crippen LogP contribution in [-0.4, -0.2) is 26.7 Å². The van der Waals surface area contributed by atoms with E-state index in [-0.39, 0.29) is 5.91 Å². The van der Waals surface area contributed by atoms with Gasteiger partial charge in [-0.2, -0.15) is 0 Å². The number of rotatable bonds is 1. The van der Waals surface area contributed by atoms with Crippen molar-refractivity contribution < 1.29 is 4.79 Å². The van der Waals surface area contributed by atoms with Gasteiger partial charge in [-0.15, -0.1) is 0 Å². The molecule has 0 unspecified atom stereocenters. The van der Waals surface area contributed by atoms with Crippen LogP contribution in [0.25, 0.3) is 17.0 Å². The smallest absolute Gasteiger partial charge is 0.265 e. The first-order chi connectivity index (χ1) is 9.50. The topological polar surface area (TPSA) is 25.2 Å². The van der Waals surface area contributed by atoms with Gasteiger partial charge in [0, 0.05) is 36.3 Å². The van der Waals surface area contributed by atoms with Crippen molar-refractivity contribution in [2.24, 2.45) is 7.05 Å². The van der Waals surface area contributed by atoms with Crippen LogP contribution in [0.2, 0.25) is 0 Å².